The van der Waals surface area contributed by atoms with Crippen molar-refractivity contribution < 1.29 is 13.5 Å². The van der Waals surface area contributed by atoms with Crippen molar-refractivity contribution in [3.63, 3.8) is 0 Å². The fourth-order valence-electron chi connectivity index (χ4n) is 3.52. The molecule has 3 aromatic carbocycles. The highest BCUT2D eigenvalue weighted by molar-refractivity contribution is 7.89. The molecule has 0 aliphatic carbocycles. The van der Waals surface area contributed by atoms with E-state index in [1.165, 1.54) is 4.31 Å². The van der Waals surface area contributed by atoms with Gasteiger partial charge in [-0.1, -0.05) is 78.4 Å². The van der Waals surface area contributed by atoms with Crippen LogP contribution in [-0.2, 0) is 10.0 Å². The number of hydrogen-bond donors (Lipinski definition) is 1. The first-order valence-corrected chi connectivity index (χ1v) is 10.3. The van der Waals surface area contributed by atoms with Gasteiger partial charge < -0.3 is 5.11 Å². The molecule has 4 atom stereocenters. The van der Waals surface area contributed by atoms with Crippen LogP contribution in [0.25, 0.3) is 0 Å². The summed E-state index contributed by atoms with van der Waals surface area (Å²) in [6.45, 7) is 1.92. The Kier molecular flexibility index (Phi) is 4.60. The summed E-state index contributed by atoms with van der Waals surface area (Å²) in [6, 6.07) is 24.6. The lowest BCUT2D eigenvalue weighted by Crippen LogP contribution is -2.18. The number of nitrogens with zero attached hydrogens (tertiary/aromatic N) is 1. The van der Waals surface area contributed by atoms with E-state index in [1.54, 1.807) is 24.3 Å². The second-order valence-electron chi connectivity index (χ2n) is 6.85. The average molecular weight is 379 g/mol. The molecule has 0 saturated carbocycles. The quantitative estimate of drug-likeness (QED) is 0.685. The molecule has 1 aliphatic rings. The molecule has 27 heavy (non-hydrogen) atoms. The lowest BCUT2D eigenvalue weighted by atomic mass is 10.0. The van der Waals surface area contributed by atoms with Crippen molar-refractivity contribution >= 4 is 10.0 Å². The van der Waals surface area contributed by atoms with E-state index in [9.17, 15) is 13.5 Å². The maximum Gasteiger partial charge on any atom is 0.244 e. The van der Waals surface area contributed by atoms with E-state index in [-0.39, 0.29) is 10.9 Å². The molecule has 0 amide bonds. The minimum absolute atomic E-state index is 0.247. The molecule has 138 valence electrons. The van der Waals surface area contributed by atoms with E-state index < -0.39 is 22.2 Å². The van der Waals surface area contributed by atoms with Crippen LogP contribution >= 0.6 is 0 Å². The van der Waals surface area contributed by atoms with Crippen molar-refractivity contribution in [2.45, 2.75) is 30.0 Å². The topological polar surface area (TPSA) is 57.4 Å². The van der Waals surface area contributed by atoms with E-state index in [0.717, 1.165) is 11.1 Å². The van der Waals surface area contributed by atoms with Crippen LogP contribution < -0.4 is 0 Å². The number of aliphatic hydroxyl groups excluding tert-OH is 1. The lowest BCUT2D eigenvalue weighted by Gasteiger charge is -2.11. The zero-order valence-electron chi connectivity index (χ0n) is 14.9. The highest BCUT2D eigenvalue weighted by Crippen LogP contribution is 2.52. The molecule has 0 spiro atoms. The minimum atomic E-state index is -3.71. The van der Waals surface area contributed by atoms with E-state index >= 15 is 0 Å². The van der Waals surface area contributed by atoms with Gasteiger partial charge in [0, 0.05) is 0 Å². The number of hydrogen-bond acceptors (Lipinski definition) is 3. The molecule has 0 radical (unpaired) electrons. The molecule has 4 rings (SSSR count). The van der Waals surface area contributed by atoms with Crippen molar-refractivity contribution in [3.8, 4) is 0 Å². The molecule has 5 heteroatoms. The van der Waals surface area contributed by atoms with Gasteiger partial charge in [0.25, 0.3) is 0 Å². The summed E-state index contributed by atoms with van der Waals surface area (Å²) in [4.78, 5) is 0.247. The fourth-order valence-corrected chi connectivity index (χ4v) is 5.29. The Balaban J connectivity index is 1.73. The van der Waals surface area contributed by atoms with E-state index in [0.29, 0.717) is 5.56 Å². The van der Waals surface area contributed by atoms with Gasteiger partial charge in [-0.3, -0.25) is 0 Å². The van der Waals surface area contributed by atoms with Gasteiger partial charge in [-0.2, -0.15) is 4.31 Å². The predicted molar refractivity (Wildman–Crippen MR) is 105 cm³/mol. The number of benzene rings is 3. The van der Waals surface area contributed by atoms with Gasteiger partial charge in [-0.05, 0) is 30.2 Å². The molecule has 1 saturated heterocycles. The van der Waals surface area contributed by atoms with Gasteiger partial charge in [-0.15, -0.1) is 0 Å². The molecule has 1 heterocycles. The number of aryl methyl sites for hydroxylation is 1. The molecule has 0 bridgehead atoms. The highest BCUT2D eigenvalue weighted by atomic mass is 32.2. The Morgan fingerprint density at radius 1 is 0.852 bits per heavy atom. The second kappa shape index (κ2) is 6.93. The third kappa shape index (κ3) is 3.30. The summed E-state index contributed by atoms with van der Waals surface area (Å²) in [5.74, 6) is 0. The Bertz CT molecular complexity index is 1020. The van der Waals surface area contributed by atoms with Crippen molar-refractivity contribution in [2.75, 3.05) is 0 Å². The smallest absolute Gasteiger partial charge is 0.244 e. The molecule has 0 aromatic heterocycles. The molecule has 1 aliphatic heterocycles. The van der Waals surface area contributed by atoms with E-state index in [1.807, 2.05) is 67.6 Å². The molecule has 1 N–H and O–H groups in total. The van der Waals surface area contributed by atoms with Gasteiger partial charge in [0.15, 0.2) is 0 Å². The van der Waals surface area contributed by atoms with E-state index in [2.05, 4.69) is 0 Å². The largest absolute Gasteiger partial charge is 0.387 e. The summed E-state index contributed by atoms with van der Waals surface area (Å²) in [5.41, 5.74) is 2.60. The zero-order valence-corrected chi connectivity index (χ0v) is 15.8. The minimum Gasteiger partial charge on any atom is -0.387 e. The van der Waals surface area contributed by atoms with Crippen LogP contribution in [-0.4, -0.2) is 23.9 Å². The third-order valence-corrected chi connectivity index (χ3v) is 6.90. The van der Waals surface area contributed by atoms with Crippen LogP contribution in [0.4, 0.5) is 0 Å². The molecular weight excluding hydrogens is 358 g/mol. The first-order chi connectivity index (χ1) is 13.0. The summed E-state index contributed by atoms with van der Waals surface area (Å²) in [6.07, 6.45) is -0.892. The third-order valence-electron chi connectivity index (χ3n) is 5.00. The molecular formula is C22H21NO3S. The first-order valence-electron chi connectivity index (χ1n) is 8.88. The Morgan fingerprint density at radius 3 is 2.00 bits per heavy atom. The monoisotopic (exact) mass is 379 g/mol. The first kappa shape index (κ1) is 17.9. The molecule has 4 nitrogen and oxygen atoms in total. The summed E-state index contributed by atoms with van der Waals surface area (Å²) < 4.78 is 27.9. The highest BCUT2D eigenvalue weighted by Gasteiger charge is 2.59. The van der Waals surface area contributed by atoms with Gasteiger partial charge in [0.1, 0.15) is 0 Å². The van der Waals surface area contributed by atoms with Crippen LogP contribution in [0, 0.1) is 6.92 Å². The fraction of sp³-hybridized carbons (Fsp3) is 0.182. The zero-order chi connectivity index (χ0) is 19.0. The summed E-state index contributed by atoms with van der Waals surface area (Å²) >= 11 is 0. The average Bonchev–Trinajstić information content (AvgIpc) is 3.46. The van der Waals surface area contributed by atoms with Crippen molar-refractivity contribution in [3.05, 3.63) is 102 Å². The SMILES string of the molecule is Cc1ccc(S(=O)(=O)N2[C@H]([C@H](O)c3ccccc3)[C@H]2c2ccccc2)cc1. The van der Waals surface area contributed by atoms with Crippen LogP contribution in [0.5, 0.6) is 0 Å². The molecule has 1 unspecified atom stereocenters. The number of sulfonamides is 1. The van der Waals surface area contributed by atoms with Gasteiger partial charge in [0.2, 0.25) is 10.0 Å². The van der Waals surface area contributed by atoms with Gasteiger partial charge in [0.05, 0.1) is 23.1 Å². The number of aliphatic hydroxyl groups is 1. The maximum absolute atomic E-state index is 13.3. The van der Waals surface area contributed by atoms with E-state index in [4.69, 9.17) is 0 Å². The van der Waals surface area contributed by atoms with Crippen LogP contribution in [0.1, 0.15) is 28.8 Å². The predicted octanol–water partition coefficient (Wildman–Crippen LogP) is 3.84. The molecule has 1 fully saturated rings. The summed E-state index contributed by atoms with van der Waals surface area (Å²) in [7, 11) is -3.71. The van der Waals surface area contributed by atoms with Crippen LogP contribution in [0.2, 0.25) is 0 Å². The van der Waals surface area contributed by atoms with Crippen LogP contribution in [0.15, 0.2) is 89.8 Å². The Morgan fingerprint density at radius 2 is 1.41 bits per heavy atom. The maximum atomic E-state index is 13.3. The Hall–Kier alpha value is -2.47. The van der Waals surface area contributed by atoms with Gasteiger partial charge in [-0.25, -0.2) is 8.42 Å². The second-order valence-corrected chi connectivity index (χ2v) is 8.69. The normalized spacial score (nSPS) is 23.0. The Labute approximate surface area is 159 Å². The standard InChI is InChI=1S/C22H21NO3S/c1-16-12-14-19(15-13-16)27(25,26)23-20(17-8-4-2-5-9-17)21(23)22(24)18-10-6-3-7-11-18/h2-15,20-22,24H,1H3/t20-,21+,22-,23?/m1/s1. The van der Waals surface area contributed by atoms with Gasteiger partial charge >= 0.3 is 0 Å². The van der Waals surface area contributed by atoms with Crippen LogP contribution in [0.3, 0.4) is 0 Å². The lowest BCUT2D eigenvalue weighted by molar-refractivity contribution is 0.166. The van der Waals surface area contributed by atoms with Crippen molar-refractivity contribution in [1.29, 1.82) is 0 Å². The molecule has 3 aromatic rings. The summed E-state index contributed by atoms with van der Waals surface area (Å²) in [5, 5.41) is 10.9. The van der Waals surface area contributed by atoms with Crippen molar-refractivity contribution in [2.24, 2.45) is 0 Å². The van der Waals surface area contributed by atoms with Crippen molar-refractivity contribution in [1.82, 2.24) is 4.31 Å². The number of rotatable bonds is 5.